The summed E-state index contributed by atoms with van der Waals surface area (Å²) in [6.45, 7) is 0.130. The first-order chi connectivity index (χ1) is 14.0. The highest BCUT2D eigenvalue weighted by Crippen LogP contribution is 2.32. The van der Waals surface area contributed by atoms with Gasteiger partial charge in [-0.3, -0.25) is 4.57 Å². The van der Waals surface area contributed by atoms with Gasteiger partial charge in [0.1, 0.15) is 36.8 Å². The van der Waals surface area contributed by atoms with Crippen LogP contribution in [0.3, 0.4) is 0 Å². The Kier molecular flexibility index (Phi) is 5.21. The number of aliphatic hydroxyl groups is 2. The number of esters is 1. The van der Waals surface area contributed by atoms with Gasteiger partial charge >= 0.3 is 5.97 Å². The topological polar surface area (TPSA) is 146 Å². The molecule has 4 N–H and O–H groups in total. The zero-order valence-electron chi connectivity index (χ0n) is 15.2. The van der Waals surface area contributed by atoms with Crippen LogP contribution in [0.2, 0.25) is 0 Å². The maximum atomic E-state index is 11.9. The number of rotatable bonds is 5. The van der Waals surface area contributed by atoms with E-state index >= 15 is 0 Å². The maximum Gasteiger partial charge on any atom is 0.330 e. The number of nitrogens with zero attached hydrogens (tertiary/aromatic N) is 4. The number of aliphatic hydroxyl groups excluding tert-OH is 2. The molecule has 3 heterocycles. The van der Waals surface area contributed by atoms with E-state index in [9.17, 15) is 15.0 Å². The SMILES string of the molecule is Nc1ncnc2c1ncn2[C@@H]1O[C@H](/C=C/C(=O)OCc2ccccc2)[C@H](O)[C@H]1O. The van der Waals surface area contributed by atoms with E-state index in [0.29, 0.717) is 11.2 Å². The summed E-state index contributed by atoms with van der Waals surface area (Å²) in [6.07, 6.45) is 0.787. The van der Waals surface area contributed by atoms with E-state index in [1.807, 2.05) is 30.3 Å². The summed E-state index contributed by atoms with van der Waals surface area (Å²) in [7, 11) is 0. The fourth-order valence-electron chi connectivity index (χ4n) is 3.08. The largest absolute Gasteiger partial charge is 0.458 e. The number of carbonyl (C=O) groups is 1. The Morgan fingerprint density at radius 2 is 2.00 bits per heavy atom. The number of anilines is 1. The lowest BCUT2D eigenvalue weighted by molar-refractivity contribution is -0.139. The van der Waals surface area contributed by atoms with Crippen LogP contribution in [-0.4, -0.2) is 54.0 Å². The maximum absolute atomic E-state index is 11.9. The highest BCUT2D eigenvalue weighted by molar-refractivity contribution is 5.82. The molecule has 0 aliphatic carbocycles. The Bertz CT molecular complexity index is 1040. The molecule has 29 heavy (non-hydrogen) atoms. The average molecular weight is 397 g/mol. The van der Waals surface area contributed by atoms with Crippen LogP contribution >= 0.6 is 0 Å². The molecule has 1 fully saturated rings. The third-order valence-electron chi connectivity index (χ3n) is 4.58. The molecular weight excluding hydrogens is 378 g/mol. The molecule has 1 aliphatic heterocycles. The Labute approximate surface area is 165 Å². The lowest BCUT2D eigenvalue weighted by Crippen LogP contribution is -2.30. The van der Waals surface area contributed by atoms with Crippen molar-refractivity contribution in [3.05, 3.63) is 60.7 Å². The third-order valence-corrected chi connectivity index (χ3v) is 4.58. The molecule has 0 spiro atoms. The van der Waals surface area contributed by atoms with Crippen LogP contribution < -0.4 is 5.73 Å². The summed E-state index contributed by atoms with van der Waals surface area (Å²) in [4.78, 5) is 24.0. The number of imidazole rings is 1. The van der Waals surface area contributed by atoms with E-state index in [2.05, 4.69) is 15.0 Å². The minimum atomic E-state index is -1.27. The Morgan fingerprint density at radius 3 is 2.79 bits per heavy atom. The van der Waals surface area contributed by atoms with Crippen molar-refractivity contribution in [2.45, 2.75) is 31.1 Å². The molecule has 0 saturated carbocycles. The smallest absolute Gasteiger partial charge is 0.330 e. The van der Waals surface area contributed by atoms with Crippen LogP contribution in [0, 0.1) is 0 Å². The second kappa shape index (κ2) is 7.95. The van der Waals surface area contributed by atoms with Gasteiger partial charge in [-0.1, -0.05) is 30.3 Å². The molecule has 10 heteroatoms. The summed E-state index contributed by atoms with van der Waals surface area (Å²) in [6, 6.07) is 9.25. The summed E-state index contributed by atoms with van der Waals surface area (Å²) < 4.78 is 12.3. The van der Waals surface area contributed by atoms with Gasteiger partial charge in [-0.15, -0.1) is 0 Å². The van der Waals surface area contributed by atoms with Gasteiger partial charge in [-0.2, -0.15) is 0 Å². The summed E-state index contributed by atoms with van der Waals surface area (Å²) in [5.41, 5.74) is 7.35. The fraction of sp³-hybridized carbons (Fsp3) is 0.263. The van der Waals surface area contributed by atoms with E-state index in [0.717, 1.165) is 11.6 Å². The van der Waals surface area contributed by atoms with Crippen LogP contribution in [0.5, 0.6) is 0 Å². The van der Waals surface area contributed by atoms with Crippen LogP contribution in [0.25, 0.3) is 11.2 Å². The minimum absolute atomic E-state index is 0.130. The van der Waals surface area contributed by atoms with Gasteiger partial charge in [0.2, 0.25) is 0 Å². The molecule has 2 aromatic heterocycles. The number of fused-ring (bicyclic) bond motifs is 1. The molecule has 0 bridgehead atoms. The molecule has 4 atom stereocenters. The van der Waals surface area contributed by atoms with Gasteiger partial charge in [-0.25, -0.2) is 19.7 Å². The molecule has 1 aliphatic rings. The van der Waals surface area contributed by atoms with Crippen molar-refractivity contribution in [1.29, 1.82) is 0 Å². The number of hydrogen-bond donors (Lipinski definition) is 3. The van der Waals surface area contributed by atoms with Crippen LogP contribution in [0.4, 0.5) is 5.82 Å². The monoisotopic (exact) mass is 397 g/mol. The number of benzene rings is 1. The van der Waals surface area contributed by atoms with E-state index < -0.39 is 30.5 Å². The van der Waals surface area contributed by atoms with E-state index in [-0.39, 0.29) is 12.4 Å². The standard InChI is InChI=1S/C19H19N5O5/c20-17-14-18(22-9-21-17)24(10-23-14)19-16(27)15(26)12(29-19)6-7-13(25)28-8-11-4-2-1-3-5-11/h1-7,9-10,12,15-16,19,26-27H,8H2,(H2,20,21,22)/b7-6+/t12-,15+,16-,19-/m1/s1. The Hall–Kier alpha value is -3.34. The zero-order chi connectivity index (χ0) is 20.4. The van der Waals surface area contributed by atoms with Gasteiger partial charge in [0.25, 0.3) is 0 Å². The Balaban J connectivity index is 1.43. The molecule has 150 valence electrons. The lowest BCUT2D eigenvalue weighted by Gasteiger charge is -2.16. The first-order valence-corrected chi connectivity index (χ1v) is 8.88. The van der Waals surface area contributed by atoms with Gasteiger partial charge in [0.05, 0.1) is 6.33 Å². The minimum Gasteiger partial charge on any atom is -0.458 e. The first kappa shape index (κ1) is 19.0. The van der Waals surface area contributed by atoms with Gasteiger partial charge in [-0.05, 0) is 11.6 Å². The molecule has 1 saturated heterocycles. The molecule has 0 unspecified atom stereocenters. The molecule has 1 aromatic carbocycles. The molecule has 0 radical (unpaired) electrons. The van der Waals surface area contributed by atoms with Crippen molar-refractivity contribution in [2.24, 2.45) is 0 Å². The van der Waals surface area contributed by atoms with Crippen LogP contribution in [0.1, 0.15) is 11.8 Å². The predicted octanol–water partition coefficient (Wildman–Crippen LogP) is 0.327. The van der Waals surface area contributed by atoms with Crippen LogP contribution in [-0.2, 0) is 20.9 Å². The van der Waals surface area contributed by atoms with Crippen molar-refractivity contribution in [3.63, 3.8) is 0 Å². The second-order valence-electron chi connectivity index (χ2n) is 6.51. The molecule has 10 nitrogen and oxygen atoms in total. The molecule has 4 rings (SSSR count). The Morgan fingerprint density at radius 1 is 1.21 bits per heavy atom. The fourth-order valence-corrected chi connectivity index (χ4v) is 3.08. The molecule has 3 aromatic rings. The normalized spacial score (nSPS) is 24.3. The summed E-state index contributed by atoms with van der Waals surface area (Å²) in [5, 5.41) is 20.7. The number of aromatic nitrogens is 4. The highest BCUT2D eigenvalue weighted by atomic mass is 16.6. The van der Waals surface area contributed by atoms with Crippen molar-refractivity contribution in [2.75, 3.05) is 5.73 Å². The lowest BCUT2D eigenvalue weighted by atomic mass is 10.1. The van der Waals surface area contributed by atoms with E-state index in [4.69, 9.17) is 15.2 Å². The number of hydrogen-bond acceptors (Lipinski definition) is 9. The van der Waals surface area contributed by atoms with Gasteiger partial charge in [0, 0.05) is 6.08 Å². The van der Waals surface area contributed by atoms with Crippen molar-refractivity contribution < 1.29 is 24.5 Å². The third kappa shape index (κ3) is 3.81. The zero-order valence-corrected chi connectivity index (χ0v) is 15.2. The van der Waals surface area contributed by atoms with Crippen LogP contribution in [0.15, 0.2) is 55.1 Å². The molecular formula is C19H19N5O5. The number of nitrogen functional groups attached to an aromatic ring is 1. The predicted molar refractivity (Wildman–Crippen MR) is 101 cm³/mol. The number of carbonyl (C=O) groups excluding carboxylic acids is 1. The van der Waals surface area contributed by atoms with Gasteiger partial charge in [0.15, 0.2) is 17.7 Å². The molecule has 0 amide bonds. The highest BCUT2D eigenvalue weighted by Gasteiger charge is 2.43. The average Bonchev–Trinajstić information content (AvgIpc) is 3.28. The van der Waals surface area contributed by atoms with E-state index in [1.54, 1.807) is 0 Å². The van der Waals surface area contributed by atoms with E-state index in [1.165, 1.54) is 23.3 Å². The number of ether oxygens (including phenoxy) is 2. The number of nitrogens with two attached hydrogens (primary N) is 1. The van der Waals surface area contributed by atoms with Crippen molar-refractivity contribution in [1.82, 2.24) is 19.5 Å². The summed E-state index contributed by atoms with van der Waals surface area (Å²) >= 11 is 0. The van der Waals surface area contributed by atoms with Gasteiger partial charge < -0.3 is 25.4 Å². The second-order valence-corrected chi connectivity index (χ2v) is 6.51. The first-order valence-electron chi connectivity index (χ1n) is 8.88. The van der Waals surface area contributed by atoms with Crippen molar-refractivity contribution in [3.8, 4) is 0 Å². The summed E-state index contributed by atoms with van der Waals surface area (Å²) in [5.74, 6) is -0.393. The van der Waals surface area contributed by atoms with Crippen molar-refractivity contribution >= 4 is 23.0 Å². The quantitative estimate of drug-likeness (QED) is 0.409.